The summed E-state index contributed by atoms with van der Waals surface area (Å²) in [5, 5.41) is 24.6. The molecule has 0 spiro atoms. The lowest BCUT2D eigenvalue weighted by Crippen LogP contribution is -2.48. The Kier molecular flexibility index (Phi) is 5.98. The maximum Gasteiger partial charge on any atom is 0.230 e. The fourth-order valence-corrected chi connectivity index (χ4v) is 5.08. The first-order valence-corrected chi connectivity index (χ1v) is 11.1. The van der Waals surface area contributed by atoms with Crippen LogP contribution in [0.5, 0.6) is 5.88 Å². The molecular formula is C19H24BrN5O2S. The molecule has 1 saturated heterocycles. The molecule has 0 bridgehead atoms. The summed E-state index contributed by atoms with van der Waals surface area (Å²) in [5.74, 6) is 0.920. The first-order chi connectivity index (χ1) is 13.6. The summed E-state index contributed by atoms with van der Waals surface area (Å²) >= 11 is 5.01. The number of thiazole rings is 1. The quantitative estimate of drug-likeness (QED) is 0.582. The van der Waals surface area contributed by atoms with E-state index in [4.69, 9.17) is 0 Å². The van der Waals surface area contributed by atoms with Gasteiger partial charge in [0, 0.05) is 43.6 Å². The molecule has 1 fully saturated rings. The summed E-state index contributed by atoms with van der Waals surface area (Å²) in [6.07, 6.45) is 0.742. The number of benzene rings is 1. The number of halogens is 1. The minimum Gasteiger partial charge on any atom is -0.492 e. The second-order valence-electron chi connectivity index (χ2n) is 6.92. The van der Waals surface area contributed by atoms with E-state index < -0.39 is 0 Å². The summed E-state index contributed by atoms with van der Waals surface area (Å²) in [6.45, 7) is 6.43. The van der Waals surface area contributed by atoms with Crippen LogP contribution < -0.4 is 0 Å². The molecule has 1 aliphatic heterocycles. The Labute approximate surface area is 176 Å². The van der Waals surface area contributed by atoms with Crippen molar-refractivity contribution >= 4 is 32.2 Å². The molecule has 0 amide bonds. The van der Waals surface area contributed by atoms with Crippen molar-refractivity contribution in [3.05, 3.63) is 45.0 Å². The molecule has 2 N–H and O–H groups in total. The number of β-amino-alcohol motifs (C(OH)–C–C–N with tert-alkyl or cyclic N) is 1. The van der Waals surface area contributed by atoms with Crippen LogP contribution in [0.2, 0.25) is 0 Å². The predicted molar refractivity (Wildman–Crippen MR) is 113 cm³/mol. The molecule has 150 valence electrons. The second kappa shape index (κ2) is 8.46. The minimum absolute atomic E-state index is 0.0528. The van der Waals surface area contributed by atoms with Gasteiger partial charge in [0.05, 0.1) is 17.5 Å². The minimum atomic E-state index is -0.0528. The summed E-state index contributed by atoms with van der Waals surface area (Å²) < 4.78 is 2.59. The standard InChI is InChI=1S/C19H24BrN5O2S/c1-2-15-21-19-25(22-15)18(27)17(28-19)16(13-3-5-14(20)6-4-13)24-9-7-23(8-10-24)11-12-26/h3-6,16,26-27H,2,7-12H2,1H3. The lowest BCUT2D eigenvalue weighted by atomic mass is 10.0. The number of piperazine rings is 1. The van der Waals surface area contributed by atoms with E-state index in [1.807, 2.05) is 19.1 Å². The van der Waals surface area contributed by atoms with Crippen LogP contribution in [0.3, 0.4) is 0 Å². The van der Waals surface area contributed by atoms with Gasteiger partial charge in [-0.2, -0.15) is 4.52 Å². The van der Waals surface area contributed by atoms with Gasteiger partial charge in [-0.05, 0) is 17.7 Å². The SMILES string of the molecule is CCc1nc2sc(C(c3ccc(Br)cc3)N3CCN(CCO)CC3)c(O)n2n1. The van der Waals surface area contributed by atoms with Crippen molar-refractivity contribution in [3.8, 4) is 5.88 Å². The van der Waals surface area contributed by atoms with Gasteiger partial charge in [-0.1, -0.05) is 46.3 Å². The van der Waals surface area contributed by atoms with Crippen LogP contribution in [0, 0.1) is 0 Å². The van der Waals surface area contributed by atoms with Gasteiger partial charge in [-0.3, -0.25) is 9.80 Å². The highest BCUT2D eigenvalue weighted by Gasteiger charge is 2.31. The summed E-state index contributed by atoms with van der Waals surface area (Å²) in [7, 11) is 0. The largest absolute Gasteiger partial charge is 0.492 e. The number of fused-ring (bicyclic) bond motifs is 1. The number of aromatic hydroxyl groups is 1. The van der Waals surface area contributed by atoms with Gasteiger partial charge in [0.1, 0.15) is 0 Å². The number of aliphatic hydroxyl groups is 1. The lowest BCUT2D eigenvalue weighted by molar-refractivity contribution is 0.0945. The molecule has 2 aromatic heterocycles. The fourth-order valence-electron chi connectivity index (χ4n) is 3.68. The van der Waals surface area contributed by atoms with Crippen molar-refractivity contribution in [2.24, 2.45) is 0 Å². The first-order valence-electron chi connectivity index (χ1n) is 9.50. The normalized spacial score (nSPS) is 17.4. The molecule has 1 unspecified atom stereocenters. The molecular weight excluding hydrogens is 442 g/mol. The van der Waals surface area contributed by atoms with Crippen molar-refractivity contribution in [3.63, 3.8) is 0 Å². The number of rotatable bonds is 6. The van der Waals surface area contributed by atoms with Crippen molar-refractivity contribution in [2.45, 2.75) is 19.4 Å². The van der Waals surface area contributed by atoms with Crippen LogP contribution in [0.1, 0.15) is 29.2 Å². The molecule has 7 nitrogen and oxygen atoms in total. The van der Waals surface area contributed by atoms with Gasteiger partial charge >= 0.3 is 0 Å². The van der Waals surface area contributed by atoms with Crippen LogP contribution >= 0.6 is 27.3 Å². The van der Waals surface area contributed by atoms with E-state index in [9.17, 15) is 10.2 Å². The molecule has 1 aliphatic rings. The highest BCUT2D eigenvalue weighted by molar-refractivity contribution is 9.10. The van der Waals surface area contributed by atoms with Crippen LogP contribution in [-0.4, -0.2) is 73.9 Å². The number of hydrogen-bond donors (Lipinski definition) is 2. The number of hydrogen-bond acceptors (Lipinski definition) is 7. The van der Waals surface area contributed by atoms with Crippen LogP contribution in [-0.2, 0) is 6.42 Å². The number of aryl methyl sites for hydroxylation is 1. The zero-order valence-corrected chi connectivity index (χ0v) is 18.2. The van der Waals surface area contributed by atoms with Gasteiger partial charge in [0.2, 0.25) is 10.8 Å². The third-order valence-electron chi connectivity index (χ3n) is 5.18. The summed E-state index contributed by atoms with van der Waals surface area (Å²) in [6, 6.07) is 8.22. The van der Waals surface area contributed by atoms with E-state index in [-0.39, 0.29) is 18.5 Å². The van der Waals surface area contributed by atoms with Crippen molar-refractivity contribution in [2.75, 3.05) is 39.3 Å². The Balaban J connectivity index is 1.70. The summed E-state index contributed by atoms with van der Waals surface area (Å²) in [4.78, 5) is 10.8. The topological polar surface area (TPSA) is 77.1 Å². The van der Waals surface area contributed by atoms with Gasteiger partial charge in [0.25, 0.3) is 0 Å². The zero-order valence-electron chi connectivity index (χ0n) is 15.8. The number of nitrogens with zero attached hydrogens (tertiary/aromatic N) is 5. The van der Waals surface area contributed by atoms with Crippen molar-refractivity contribution in [1.29, 1.82) is 0 Å². The van der Waals surface area contributed by atoms with Gasteiger partial charge in [-0.15, -0.1) is 5.10 Å². The maximum absolute atomic E-state index is 10.9. The molecule has 0 saturated carbocycles. The second-order valence-corrected chi connectivity index (χ2v) is 8.85. The maximum atomic E-state index is 10.9. The third-order valence-corrected chi connectivity index (χ3v) is 6.78. The smallest absolute Gasteiger partial charge is 0.230 e. The van der Waals surface area contributed by atoms with Gasteiger partial charge < -0.3 is 10.2 Å². The molecule has 3 aromatic rings. The average Bonchev–Trinajstić information content (AvgIpc) is 3.24. The Morgan fingerprint density at radius 3 is 2.50 bits per heavy atom. The molecule has 28 heavy (non-hydrogen) atoms. The van der Waals surface area contributed by atoms with E-state index in [0.29, 0.717) is 6.54 Å². The van der Waals surface area contributed by atoms with Crippen LogP contribution in [0.4, 0.5) is 0 Å². The van der Waals surface area contributed by atoms with Crippen LogP contribution in [0.15, 0.2) is 28.7 Å². The highest BCUT2D eigenvalue weighted by atomic mass is 79.9. The monoisotopic (exact) mass is 465 g/mol. The third kappa shape index (κ3) is 3.81. The van der Waals surface area contributed by atoms with Crippen molar-refractivity contribution in [1.82, 2.24) is 24.4 Å². The molecule has 3 heterocycles. The molecule has 0 radical (unpaired) electrons. The molecule has 0 aliphatic carbocycles. The Hall–Kier alpha value is -1.52. The number of aromatic nitrogens is 3. The van der Waals surface area contributed by atoms with Gasteiger partial charge in [0.15, 0.2) is 5.82 Å². The Morgan fingerprint density at radius 2 is 1.89 bits per heavy atom. The molecule has 1 atom stereocenters. The van der Waals surface area contributed by atoms with E-state index in [2.05, 4.69) is 47.9 Å². The Bertz CT molecular complexity index is 934. The van der Waals surface area contributed by atoms with Crippen molar-refractivity contribution < 1.29 is 10.2 Å². The number of aliphatic hydroxyl groups excluding tert-OH is 1. The van der Waals surface area contributed by atoms with Crippen LogP contribution in [0.25, 0.3) is 4.96 Å². The zero-order chi connectivity index (χ0) is 19.7. The first kappa shape index (κ1) is 19.8. The van der Waals surface area contributed by atoms with E-state index in [0.717, 1.165) is 58.3 Å². The predicted octanol–water partition coefficient (Wildman–Crippen LogP) is 2.52. The Morgan fingerprint density at radius 1 is 1.18 bits per heavy atom. The average molecular weight is 466 g/mol. The van der Waals surface area contributed by atoms with E-state index >= 15 is 0 Å². The highest BCUT2D eigenvalue weighted by Crippen LogP contribution is 2.40. The molecule has 9 heteroatoms. The molecule has 4 rings (SSSR count). The fraction of sp³-hybridized carbons (Fsp3) is 0.474. The lowest BCUT2D eigenvalue weighted by Gasteiger charge is -2.39. The molecule has 1 aromatic carbocycles. The summed E-state index contributed by atoms with van der Waals surface area (Å²) in [5.41, 5.74) is 1.13. The van der Waals surface area contributed by atoms with E-state index in [1.165, 1.54) is 11.3 Å². The van der Waals surface area contributed by atoms with Gasteiger partial charge in [-0.25, -0.2) is 4.98 Å². The van der Waals surface area contributed by atoms with E-state index in [1.54, 1.807) is 4.52 Å².